The van der Waals surface area contributed by atoms with Gasteiger partial charge in [0.15, 0.2) is 0 Å². The van der Waals surface area contributed by atoms with E-state index >= 15 is 0 Å². The van der Waals surface area contributed by atoms with Gasteiger partial charge in [0.1, 0.15) is 59.7 Å². The highest BCUT2D eigenvalue weighted by atomic mass is 35.5. The molecule has 2 aromatic heterocycles. The van der Waals surface area contributed by atoms with Gasteiger partial charge < -0.3 is 61.4 Å². The quantitative estimate of drug-likeness (QED) is 0.0926. The highest BCUT2D eigenvalue weighted by Crippen LogP contribution is 2.32. The van der Waals surface area contributed by atoms with E-state index in [1.807, 2.05) is 35.6 Å². The Hall–Kier alpha value is -1.90. The summed E-state index contributed by atoms with van der Waals surface area (Å²) in [5.41, 5.74) is 0.378. The molecule has 4 saturated heterocycles. The maximum absolute atomic E-state index is 13.1. The molecule has 388 valence electrons. The second-order valence-corrected chi connectivity index (χ2v) is 22.0. The molecule has 0 bridgehead atoms. The summed E-state index contributed by atoms with van der Waals surface area (Å²) in [5.74, 6) is 0.655. The van der Waals surface area contributed by atoms with Crippen LogP contribution >= 0.6 is 46.7 Å². The van der Waals surface area contributed by atoms with Gasteiger partial charge >= 0.3 is 0 Å². The normalized spacial score (nSPS) is 34.3. The lowest BCUT2D eigenvalue weighted by Gasteiger charge is -2.44. The molecule has 24 heteroatoms. The smallest absolute Gasteiger partial charge is 0.237 e. The van der Waals surface area contributed by atoms with Gasteiger partial charge in [-0.25, -0.2) is 0 Å². The molecule has 2 aromatic rings. The summed E-state index contributed by atoms with van der Waals surface area (Å²) in [6.07, 6.45) is 6.95. The molecule has 2 amide bonds. The molecule has 4 fully saturated rings. The van der Waals surface area contributed by atoms with E-state index in [0.717, 1.165) is 88.9 Å². The fraction of sp³-hybridized carbons (Fsp3) is 0.864. The Kier molecular flexibility index (Phi) is 23.3. The van der Waals surface area contributed by atoms with Crippen LogP contribution in [0.1, 0.15) is 89.4 Å². The fourth-order valence-electron chi connectivity index (χ4n) is 9.52. The number of carbonyl (C=O) groups excluding carboxylic acids is 2. The number of amides is 2. The highest BCUT2D eigenvalue weighted by Gasteiger charge is 2.49. The van der Waals surface area contributed by atoms with Crippen LogP contribution in [0.4, 0.5) is 0 Å². The minimum atomic E-state index is -1.38. The topological polar surface area (TPSA) is 284 Å². The van der Waals surface area contributed by atoms with E-state index in [-0.39, 0.29) is 23.9 Å². The third-order valence-electron chi connectivity index (χ3n) is 13.5. The third-order valence-corrected chi connectivity index (χ3v) is 15.8. The van der Waals surface area contributed by atoms with Crippen molar-refractivity contribution >= 4 is 58.5 Å². The first-order chi connectivity index (χ1) is 32.4. The van der Waals surface area contributed by atoms with Gasteiger partial charge in [0.2, 0.25) is 11.8 Å². The molecule has 0 aromatic carbocycles. The van der Waals surface area contributed by atoms with Gasteiger partial charge in [0, 0.05) is 25.5 Å². The number of alkyl halides is 2. The number of hydrogen-bond donors (Lipinski definition) is 10. The molecule has 18 atom stereocenters. The monoisotopic (exact) mass is 1040 g/mol. The second kappa shape index (κ2) is 27.8. The average molecular weight is 1040 g/mol. The van der Waals surface area contributed by atoms with Crippen LogP contribution in [-0.2, 0) is 32.2 Å². The fourth-order valence-corrected chi connectivity index (χ4v) is 11.3. The van der Waals surface area contributed by atoms with E-state index in [9.17, 15) is 40.2 Å². The van der Waals surface area contributed by atoms with E-state index in [2.05, 4.69) is 41.9 Å². The van der Waals surface area contributed by atoms with Crippen LogP contribution in [0.2, 0.25) is 0 Å². The number of aliphatic hydroxyl groups excluding tert-OH is 6. The Morgan fingerprint density at radius 3 is 1.37 bits per heavy atom. The first-order valence-corrected chi connectivity index (χ1v) is 27.4. The SMILES string of the molecule is CSC1OC(C(NC(=O)C2CCC(CCCn3cc(C)nn3)CCN2)C(C)Cl)C(O)C(O)C1O.CSC1OC(C(NC(=O)C2CCC(CCCn3cc(C)nn3)CCN2)C(C)Cl)C(O)C(O)C1O. The van der Waals surface area contributed by atoms with Gasteiger partial charge in [-0.1, -0.05) is 10.4 Å². The first kappa shape index (κ1) is 57.0. The van der Waals surface area contributed by atoms with Gasteiger partial charge in [0.25, 0.3) is 0 Å². The number of thioether (sulfide) groups is 2. The molecule has 68 heavy (non-hydrogen) atoms. The number of halogens is 2. The van der Waals surface area contributed by atoms with E-state index in [4.69, 9.17) is 32.7 Å². The molecule has 0 aliphatic carbocycles. The van der Waals surface area contributed by atoms with Gasteiger partial charge in [-0.15, -0.1) is 56.9 Å². The number of hydrogen-bond acceptors (Lipinski definition) is 18. The highest BCUT2D eigenvalue weighted by molar-refractivity contribution is 7.99. The van der Waals surface area contributed by atoms with Crippen LogP contribution in [0, 0.1) is 25.7 Å². The predicted molar refractivity (Wildman–Crippen MR) is 261 cm³/mol. The van der Waals surface area contributed by atoms with E-state index < -0.39 is 82.5 Å². The summed E-state index contributed by atoms with van der Waals surface area (Å²) in [7, 11) is 0. The molecular formula is C44H76Cl2N10O10S2. The van der Waals surface area contributed by atoms with Crippen molar-refractivity contribution in [1.29, 1.82) is 0 Å². The molecule has 20 nitrogen and oxygen atoms in total. The van der Waals surface area contributed by atoms with E-state index in [0.29, 0.717) is 24.7 Å². The Morgan fingerprint density at radius 1 is 0.662 bits per heavy atom. The molecule has 6 heterocycles. The zero-order chi connectivity index (χ0) is 49.7. The molecule has 0 saturated carbocycles. The summed E-state index contributed by atoms with van der Waals surface area (Å²) >= 11 is 15.2. The summed E-state index contributed by atoms with van der Waals surface area (Å²) in [4.78, 5) is 26.2. The first-order valence-electron chi connectivity index (χ1n) is 24.0. The van der Waals surface area contributed by atoms with Crippen LogP contribution in [-0.4, -0.2) is 193 Å². The van der Waals surface area contributed by atoms with Crippen LogP contribution in [0.15, 0.2) is 12.4 Å². The second-order valence-electron chi connectivity index (χ2n) is 18.8. The summed E-state index contributed by atoms with van der Waals surface area (Å²) in [6.45, 7) is 10.4. The maximum atomic E-state index is 13.1. The number of aromatic nitrogens is 6. The van der Waals surface area contributed by atoms with Crippen molar-refractivity contribution in [2.75, 3.05) is 25.6 Å². The van der Waals surface area contributed by atoms with E-state index in [1.54, 1.807) is 26.4 Å². The number of aryl methyl sites for hydroxylation is 4. The number of rotatable bonds is 18. The van der Waals surface area contributed by atoms with Gasteiger partial charge in [-0.05, 0) is 129 Å². The molecule has 10 N–H and O–H groups in total. The summed E-state index contributed by atoms with van der Waals surface area (Å²) in [6, 6.07) is -2.19. The Morgan fingerprint density at radius 2 is 1.04 bits per heavy atom. The standard InChI is InChI=1S/2C22H38ClN5O5S/c2*1-12-11-28(27-26-12)10-4-5-14-6-7-15(24-9-8-14)21(32)25-16(13(2)23)20-18(30)17(29)19(31)22(33-20)34-3/h2*11,13-20,22,24,29-31H,4-10H2,1-3H3,(H,25,32). The van der Waals surface area contributed by atoms with Crippen molar-refractivity contribution in [3.05, 3.63) is 23.8 Å². The Balaban J connectivity index is 0.000000254. The van der Waals surface area contributed by atoms with E-state index in [1.165, 1.54) is 23.5 Å². The van der Waals surface area contributed by atoms with Gasteiger partial charge in [-0.2, -0.15) is 0 Å². The van der Waals surface area contributed by atoms with Crippen LogP contribution in [0.5, 0.6) is 0 Å². The minimum Gasteiger partial charge on any atom is -0.388 e. The molecule has 0 spiro atoms. The zero-order valence-corrected chi connectivity index (χ0v) is 43.2. The Labute approximate surface area is 418 Å². The van der Waals surface area contributed by atoms with Crippen LogP contribution < -0.4 is 21.3 Å². The molecule has 0 radical (unpaired) electrons. The summed E-state index contributed by atoms with van der Waals surface area (Å²) < 4.78 is 15.4. The molecular weight excluding hydrogens is 964 g/mol. The van der Waals surface area contributed by atoms with Crippen molar-refractivity contribution in [2.24, 2.45) is 11.8 Å². The van der Waals surface area contributed by atoms with Gasteiger partial charge in [0.05, 0.1) is 46.3 Å². The van der Waals surface area contributed by atoms with Crippen molar-refractivity contribution in [3.63, 3.8) is 0 Å². The number of ether oxygens (including phenoxy) is 2. The zero-order valence-electron chi connectivity index (χ0n) is 40.0. The number of carbonyl (C=O) groups is 2. The predicted octanol–water partition coefficient (Wildman–Crippen LogP) is 0.815. The Bertz CT molecular complexity index is 1700. The van der Waals surface area contributed by atoms with Gasteiger partial charge in [-0.3, -0.25) is 19.0 Å². The largest absolute Gasteiger partial charge is 0.388 e. The van der Waals surface area contributed by atoms with Crippen molar-refractivity contribution < 1.29 is 49.7 Å². The molecule has 4 aliphatic rings. The molecule has 4 aliphatic heterocycles. The lowest BCUT2D eigenvalue weighted by Crippen LogP contribution is -2.65. The number of nitrogens with zero attached hydrogens (tertiary/aromatic N) is 6. The van der Waals surface area contributed by atoms with Crippen LogP contribution in [0.3, 0.4) is 0 Å². The average Bonchev–Trinajstić information content (AvgIpc) is 3.74. The van der Waals surface area contributed by atoms with Crippen molar-refractivity contribution in [3.8, 4) is 0 Å². The lowest BCUT2D eigenvalue weighted by atomic mass is 9.92. The number of aliphatic hydroxyl groups is 6. The van der Waals surface area contributed by atoms with Crippen molar-refractivity contribution in [1.82, 2.24) is 51.3 Å². The molecule has 6 rings (SSSR count). The lowest BCUT2D eigenvalue weighted by molar-refractivity contribution is -0.205. The molecule has 18 unspecified atom stereocenters. The summed E-state index contributed by atoms with van der Waals surface area (Å²) in [5, 5.41) is 89.5. The van der Waals surface area contributed by atoms with Crippen LogP contribution in [0.25, 0.3) is 0 Å². The third kappa shape index (κ3) is 16.1. The number of nitrogens with one attached hydrogen (secondary N) is 4. The van der Waals surface area contributed by atoms with Crippen molar-refractivity contribution in [2.45, 2.75) is 200 Å². The minimum absolute atomic E-state index is 0.201. The maximum Gasteiger partial charge on any atom is 0.237 e.